The first-order valence-corrected chi connectivity index (χ1v) is 7.66. The van der Waals surface area contributed by atoms with Gasteiger partial charge in [0.25, 0.3) is 5.91 Å². The van der Waals surface area contributed by atoms with Crippen molar-refractivity contribution in [2.45, 2.75) is 58.5 Å². The maximum atomic E-state index is 12.6. The van der Waals surface area contributed by atoms with Crippen LogP contribution in [0.4, 0.5) is 5.69 Å². The summed E-state index contributed by atoms with van der Waals surface area (Å²) < 4.78 is 0. The predicted molar refractivity (Wildman–Crippen MR) is 82.0 cm³/mol. The van der Waals surface area contributed by atoms with E-state index in [9.17, 15) is 4.79 Å². The van der Waals surface area contributed by atoms with E-state index in [1.807, 2.05) is 17.0 Å². The summed E-state index contributed by atoms with van der Waals surface area (Å²) in [5, 5.41) is 3.27. The molecule has 110 valence electrons. The Balaban J connectivity index is 2.08. The molecular weight excluding hydrogens is 250 g/mol. The van der Waals surface area contributed by atoms with Gasteiger partial charge in [-0.3, -0.25) is 4.79 Å². The van der Waals surface area contributed by atoms with Crippen molar-refractivity contribution in [1.82, 2.24) is 9.88 Å². The SMILES string of the molecule is CCCNc1ccc(C(=O)N2C(C)CCCC2C)nc1. The maximum absolute atomic E-state index is 12.6. The van der Waals surface area contributed by atoms with E-state index in [2.05, 4.69) is 31.1 Å². The number of likely N-dealkylation sites (tertiary alicyclic amines) is 1. The molecule has 2 atom stereocenters. The van der Waals surface area contributed by atoms with Gasteiger partial charge >= 0.3 is 0 Å². The topological polar surface area (TPSA) is 45.2 Å². The number of anilines is 1. The van der Waals surface area contributed by atoms with E-state index in [0.29, 0.717) is 17.8 Å². The van der Waals surface area contributed by atoms with E-state index >= 15 is 0 Å². The Kier molecular flexibility index (Phi) is 4.99. The van der Waals surface area contributed by atoms with Gasteiger partial charge < -0.3 is 10.2 Å². The second kappa shape index (κ2) is 6.73. The minimum absolute atomic E-state index is 0.0618. The zero-order valence-electron chi connectivity index (χ0n) is 12.7. The Hall–Kier alpha value is -1.58. The van der Waals surface area contributed by atoms with Gasteiger partial charge in [0.05, 0.1) is 11.9 Å². The molecule has 1 saturated heterocycles. The van der Waals surface area contributed by atoms with Crippen molar-refractivity contribution in [3.05, 3.63) is 24.0 Å². The lowest BCUT2D eigenvalue weighted by Gasteiger charge is -2.38. The Bertz CT molecular complexity index is 434. The fraction of sp³-hybridized carbons (Fsp3) is 0.625. The zero-order valence-corrected chi connectivity index (χ0v) is 12.7. The molecule has 1 aliphatic heterocycles. The van der Waals surface area contributed by atoms with Crippen LogP contribution in [-0.2, 0) is 0 Å². The number of hydrogen-bond donors (Lipinski definition) is 1. The number of piperidine rings is 1. The van der Waals surface area contributed by atoms with Crippen LogP contribution < -0.4 is 5.32 Å². The highest BCUT2D eigenvalue weighted by atomic mass is 16.2. The van der Waals surface area contributed by atoms with E-state index < -0.39 is 0 Å². The van der Waals surface area contributed by atoms with Gasteiger partial charge in [-0.25, -0.2) is 4.98 Å². The van der Waals surface area contributed by atoms with Crippen molar-refractivity contribution in [1.29, 1.82) is 0 Å². The fourth-order valence-corrected chi connectivity index (χ4v) is 2.85. The number of rotatable bonds is 4. The Morgan fingerprint density at radius 2 is 2.05 bits per heavy atom. The molecule has 1 N–H and O–H groups in total. The van der Waals surface area contributed by atoms with Crippen LogP contribution in [0.3, 0.4) is 0 Å². The van der Waals surface area contributed by atoms with Gasteiger partial charge in [-0.05, 0) is 51.7 Å². The fourth-order valence-electron chi connectivity index (χ4n) is 2.85. The molecule has 1 fully saturated rings. The number of aromatic nitrogens is 1. The summed E-state index contributed by atoms with van der Waals surface area (Å²) in [6.45, 7) is 7.31. The van der Waals surface area contributed by atoms with Gasteiger partial charge in [-0.15, -0.1) is 0 Å². The molecule has 2 heterocycles. The van der Waals surface area contributed by atoms with Crippen molar-refractivity contribution in [2.75, 3.05) is 11.9 Å². The molecule has 1 amide bonds. The molecule has 2 rings (SSSR count). The van der Waals surface area contributed by atoms with Crippen molar-refractivity contribution in [2.24, 2.45) is 0 Å². The van der Waals surface area contributed by atoms with Crippen molar-refractivity contribution in [3.63, 3.8) is 0 Å². The molecule has 4 nitrogen and oxygen atoms in total. The van der Waals surface area contributed by atoms with Crippen LogP contribution >= 0.6 is 0 Å². The first-order valence-electron chi connectivity index (χ1n) is 7.66. The van der Waals surface area contributed by atoms with Gasteiger partial charge in [-0.1, -0.05) is 6.92 Å². The van der Waals surface area contributed by atoms with E-state index in [1.54, 1.807) is 6.20 Å². The minimum Gasteiger partial charge on any atom is -0.384 e. The number of nitrogens with zero attached hydrogens (tertiary/aromatic N) is 2. The lowest BCUT2D eigenvalue weighted by molar-refractivity contribution is 0.0504. The van der Waals surface area contributed by atoms with Gasteiger partial charge in [0.15, 0.2) is 0 Å². The van der Waals surface area contributed by atoms with Crippen LogP contribution in [0.5, 0.6) is 0 Å². The summed E-state index contributed by atoms with van der Waals surface area (Å²) in [4.78, 5) is 18.9. The van der Waals surface area contributed by atoms with E-state index in [1.165, 1.54) is 6.42 Å². The van der Waals surface area contributed by atoms with Crippen LogP contribution in [0.1, 0.15) is 56.9 Å². The lowest BCUT2D eigenvalue weighted by atomic mass is 9.97. The number of carbonyl (C=O) groups excluding carboxylic acids is 1. The van der Waals surface area contributed by atoms with E-state index in [0.717, 1.165) is 31.5 Å². The summed E-state index contributed by atoms with van der Waals surface area (Å²) in [7, 11) is 0. The highest BCUT2D eigenvalue weighted by Gasteiger charge is 2.30. The second-order valence-corrected chi connectivity index (χ2v) is 5.70. The smallest absolute Gasteiger partial charge is 0.272 e. The molecule has 0 radical (unpaired) electrons. The third kappa shape index (κ3) is 3.30. The Labute approximate surface area is 121 Å². The predicted octanol–water partition coefficient (Wildman–Crippen LogP) is 3.31. The average molecular weight is 275 g/mol. The molecule has 1 aromatic heterocycles. The monoisotopic (exact) mass is 275 g/mol. The normalized spacial score (nSPS) is 22.6. The molecule has 0 bridgehead atoms. The average Bonchev–Trinajstić information content (AvgIpc) is 2.45. The van der Waals surface area contributed by atoms with Gasteiger partial charge in [0, 0.05) is 18.6 Å². The van der Waals surface area contributed by atoms with Crippen molar-refractivity contribution < 1.29 is 4.79 Å². The lowest BCUT2D eigenvalue weighted by Crippen LogP contribution is -2.47. The number of pyridine rings is 1. The third-order valence-corrected chi connectivity index (χ3v) is 3.99. The molecule has 2 unspecified atom stereocenters. The van der Waals surface area contributed by atoms with Crippen LogP contribution in [0, 0.1) is 0 Å². The molecule has 1 aliphatic rings. The van der Waals surface area contributed by atoms with Crippen LogP contribution in [-0.4, -0.2) is 34.4 Å². The summed E-state index contributed by atoms with van der Waals surface area (Å²) >= 11 is 0. The quantitative estimate of drug-likeness (QED) is 0.917. The molecule has 0 aliphatic carbocycles. The Morgan fingerprint density at radius 1 is 1.35 bits per heavy atom. The van der Waals surface area contributed by atoms with Crippen molar-refractivity contribution >= 4 is 11.6 Å². The van der Waals surface area contributed by atoms with E-state index in [-0.39, 0.29) is 5.91 Å². The van der Waals surface area contributed by atoms with Crippen LogP contribution in [0.15, 0.2) is 18.3 Å². The second-order valence-electron chi connectivity index (χ2n) is 5.70. The van der Waals surface area contributed by atoms with Gasteiger partial charge in [-0.2, -0.15) is 0 Å². The van der Waals surface area contributed by atoms with Gasteiger partial charge in [0.2, 0.25) is 0 Å². The number of nitrogens with one attached hydrogen (secondary N) is 1. The number of amides is 1. The zero-order chi connectivity index (χ0) is 14.5. The number of hydrogen-bond acceptors (Lipinski definition) is 3. The van der Waals surface area contributed by atoms with E-state index in [4.69, 9.17) is 0 Å². The Morgan fingerprint density at radius 3 is 2.60 bits per heavy atom. The summed E-state index contributed by atoms with van der Waals surface area (Å²) in [6, 6.07) is 4.39. The van der Waals surface area contributed by atoms with Gasteiger partial charge in [0.1, 0.15) is 5.69 Å². The maximum Gasteiger partial charge on any atom is 0.272 e. The summed E-state index contributed by atoms with van der Waals surface area (Å²) in [6.07, 6.45) is 6.21. The third-order valence-electron chi connectivity index (χ3n) is 3.99. The molecule has 0 saturated carbocycles. The summed E-state index contributed by atoms with van der Waals surface area (Å²) in [5.74, 6) is 0.0618. The first kappa shape index (κ1) is 14.8. The van der Waals surface area contributed by atoms with Crippen molar-refractivity contribution in [3.8, 4) is 0 Å². The molecule has 1 aromatic rings. The first-order chi connectivity index (χ1) is 9.63. The highest BCUT2D eigenvalue weighted by molar-refractivity contribution is 5.93. The number of carbonyl (C=O) groups is 1. The molecule has 4 heteroatoms. The molecule has 20 heavy (non-hydrogen) atoms. The summed E-state index contributed by atoms with van der Waals surface area (Å²) in [5.41, 5.74) is 1.52. The molecular formula is C16H25N3O. The van der Waals surface area contributed by atoms with Crippen LogP contribution in [0.25, 0.3) is 0 Å². The standard InChI is InChI=1S/C16H25N3O/c1-4-10-17-14-8-9-15(18-11-14)16(20)19-12(2)6-5-7-13(19)3/h8-9,11-13,17H,4-7,10H2,1-3H3. The molecule has 0 spiro atoms. The van der Waals surface area contributed by atoms with Crippen LogP contribution in [0.2, 0.25) is 0 Å². The molecule has 0 aromatic carbocycles. The highest BCUT2D eigenvalue weighted by Crippen LogP contribution is 2.24. The minimum atomic E-state index is 0.0618. The largest absolute Gasteiger partial charge is 0.384 e.